The van der Waals surface area contributed by atoms with Crippen molar-refractivity contribution in [3.05, 3.63) is 60.7 Å². The number of para-hydroxylation sites is 1. The van der Waals surface area contributed by atoms with Crippen LogP contribution in [0.2, 0.25) is 0 Å². The summed E-state index contributed by atoms with van der Waals surface area (Å²) in [7, 11) is 0. The topological polar surface area (TPSA) is 24.9 Å². The Morgan fingerprint density at radius 3 is 2.29 bits per heavy atom. The maximum atomic E-state index is 4.87. The van der Waals surface area contributed by atoms with Gasteiger partial charge in [0.05, 0.1) is 5.52 Å². The number of pyridine rings is 1. The Balaban J connectivity index is 1.74. The number of nitrogens with zero attached hydrogens (tertiary/aromatic N) is 1. The van der Waals surface area contributed by atoms with Gasteiger partial charge in [-0.2, -0.15) is 0 Å². The van der Waals surface area contributed by atoms with Crippen LogP contribution in [0.15, 0.2) is 60.7 Å². The summed E-state index contributed by atoms with van der Waals surface area (Å²) >= 11 is 0. The van der Waals surface area contributed by atoms with Gasteiger partial charge in [0.25, 0.3) is 0 Å². The SMILES string of the molecule is c1ccc(-c2cc(NC3CCCCCC3)nc3ccccc23)cc1. The van der Waals surface area contributed by atoms with Crippen molar-refractivity contribution in [3.8, 4) is 11.1 Å². The third-order valence-electron chi connectivity index (χ3n) is 5.01. The van der Waals surface area contributed by atoms with Gasteiger partial charge in [0.15, 0.2) is 0 Å². The molecule has 2 aromatic carbocycles. The molecule has 1 N–H and O–H groups in total. The second kappa shape index (κ2) is 7.04. The highest BCUT2D eigenvalue weighted by atomic mass is 15.0. The Hall–Kier alpha value is -2.35. The zero-order valence-electron chi connectivity index (χ0n) is 14.0. The number of rotatable bonds is 3. The van der Waals surface area contributed by atoms with E-state index in [1.807, 2.05) is 0 Å². The summed E-state index contributed by atoms with van der Waals surface area (Å²) in [5.41, 5.74) is 3.58. The molecule has 4 rings (SSSR count). The van der Waals surface area contributed by atoms with E-state index in [0.717, 1.165) is 11.3 Å². The molecule has 1 saturated carbocycles. The van der Waals surface area contributed by atoms with Gasteiger partial charge in [0.1, 0.15) is 5.82 Å². The van der Waals surface area contributed by atoms with E-state index in [1.165, 1.54) is 55.0 Å². The van der Waals surface area contributed by atoms with Gasteiger partial charge in [-0.15, -0.1) is 0 Å². The average molecular weight is 316 g/mol. The number of benzene rings is 2. The van der Waals surface area contributed by atoms with Crippen LogP contribution in [-0.4, -0.2) is 11.0 Å². The van der Waals surface area contributed by atoms with Gasteiger partial charge in [-0.05, 0) is 36.1 Å². The third kappa shape index (κ3) is 3.28. The molecule has 24 heavy (non-hydrogen) atoms. The molecule has 0 bridgehead atoms. The fraction of sp³-hybridized carbons (Fsp3) is 0.318. The van der Waals surface area contributed by atoms with Crippen LogP contribution in [0.4, 0.5) is 5.82 Å². The quantitative estimate of drug-likeness (QED) is 0.596. The number of nitrogens with one attached hydrogen (secondary N) is 1. The van der Waals surface area contributed by atoms with Gasteiger partial charge < -0.3 is 5.32 Å². The standard InChI is InChI=1S/C22H24N2/c1-2-7-13-18(12-6-1)23-22-16-20(17-10-4-3-5-11-17)19-14-8-9-15-21(19)24-22/h3-5,8-11,14-16,18H,1-2,6-7,12-13H2,(H,23,24). The predicted octanol–water partition coefficient (Wildman–Crippen LogP) is 6.04. The lowest BCUT2D eigenvalue weighted by Crippen LogP contribution is -2.19. The minimum absolute atomic E-state index is 0.560. The van der Waals surface area contributed by atoms with Crippen molar-refractivity contribution in [1.82, 2.24) is 4.98 Å². The van der Waals surface area contributed by atoms with Crippen molar-refractivity contribution >= 4 is 16.7 Å². The molecule has 0 saturated heterocycles. The molecule has 1 heterocycles. The fourth-order valence-corrected chi connectivity index (χ4v) is 3.74. The molecule has 1 aliphatic carbocycles. The summed E-state index contributed by atoms with van der Waals surface area (Å²) in [4.78, 5) is 4.87. The summed E-state index contributed by atoms with van der Waals surface area (Å²) in [6.07, 6.45) is 7.93. The lowest BCUT2D eigenvalue weighted by Gasteiger charge is -2.18. The molecule has 122 valence electrons. The molecule has 0 aliphatic heterocycles. The van der Waals surface area contributed by atoms with Crippen LogP contribution in [0.1, 0.15) is 38.5 Å². The van der Waals surface area contributed by atoms with E-state index in [-0.39, 0.29) is 0 Å². The van der Waals surface area contributed by atoms with Crippen molar-refractivity contribution in [2.24, 2.45) is 0 Å². The third-order valence-corrected chi connectivity index (χ3v) is 5.01. The average Bonchev–Trinajstić information content (AvgIpc) is 2.90. The second-order valence-electron chi connectivity index (χ2n) is 6.77. The van der Waals surface area contributed by atoms with E-state index in [4.69, 9.17) is 4.98 Å². The van der Waals surface area contributed by atoms with Crippen molar-refractivity contribution < 1.29 is 0 Å². The number of aromatic nitrogens is 1. The Kier molecular flexibility index (Phi) is 4.46. The molecule has 0 radical (unpaired) electrons. The Bertz CT molecular complexity index is 803. The highest BCUT2D eigenvalue weighted by Gasteiger charge is 2.14. The summed E-state index contributed by atoms with van der Waals surface area (Å²) in [5, 5.41) is 4.93. The van der Waals surface area contributed by atoms with E-state index in [2.05, 4.69) is 66.0 Å². The van der Waals surface area contributed by atoms with Crippen LogP contribution in [-0.2, 0) is 0 Å². The first-order chi connectivity index (χ1) is 11.9. The molecule has 2 nitrogen and oxygen atoms in total. The van der Waals surface area contributed by atoms with Crippen LogP contribution in [0.25, 0.3) is 22.0 Å². The second-order valence-corrected chi connectivity index (χ2v) is 6.77. The number of hydrogen-bond donors (Lipinski definition) is 1. The van der Waals surface area contributed by atoms with Gasteiger partial charge in [-0.1, -0.05) is 74.2 Å². The molecular weight excluding hydrogens is 292 g/mol. The smallest absolute Gasteiger partial charge is 0.127 e. The van der Waals surface area contributed by atoms with Gasteiger partial charge in [0, 0.05) is 11.4 Å². The van der Waals surface area contributed by atoms with Crippen LogP contribution in [0.3, 0.4) is 0 Å². The molecule has 0 spiro atoms. The van der Waals surface area contributed by atoms with Crippen molar-refractivity contribution in [3.63, 3.8) is 0 Å². The molecule has 3 aromatic rings. The lowest BCUT2D eigenvalue weighted by atomic mass is 10.0. The number of anilines is 1. The van der Waals surface area contributed by atoms with Crippen molar-refractivity contribution in [2.45, 2.75) is 44.6 Å². The largest absolute Gasteiger partial charge is 0.367 e. The maximum absolute atomic E-state index is 4.87. The monoisotopic (exact) mass is 316 g/mol. The molecule has 0 atom stereocenters. The van der Waals surface area contributed by atoms with Crippen LogP contribution in [0.5, 0.6) is 0 Å². The van der Waals surface area contributed by atoms with Crippen molar-refractivity contribution in [2.75, 3.05) is 5.32 Å². The number of fused-ring (bicyclic) bond motifs is 1. The molecule has 0 unspecified atom stereocenters. The Morgan fingerprint density at radius 1 is 0.792 bits per heavy atom. The molecule has 1 fully saturated rings. The maximum Gasteiger partial charge on any atom is 0.127 e. The van der Waals surface area contributed by atoms with E-state index in [0.29, 0.717) is 6.04 Å². The Labute approximate surface area is 143 Å². The molecule has 0 amide bonds. The molecule has 2 heteroatoms. The minimum Gasteiger partial charge on any atom is -0.367 e. The van der Waals surface area contributed by atoms with E-state index in [9.17, 15) is 0 Å². The molecular formula is C22H24N2. The normalized spacial score (nSPS) is 16.0. The first-order valence-corrected chi connectivity index (χ1v) is 9.12. The van der Waals surface area contributed by atoms with Gasteiger partial charge in [0.2, 0.25) is 0 Å². The van der Waals surface area contributed by atoms with Crippen molar-refractivity contribution in [1.29, 1.82) is 0 Å². The Morgan fingerprint density at radius 2 is 1.50 bits per heavy atom. The lowest BCUT2D eigenvalue weighted by molar-refractivity contribution is 0.618. The van der Waals surface area contributed by atoms with Crippen LogP contribution < -0.4 is 5.32 Å². The minimum atomic E-state index is 0.560. The predicted molar refractivity (Wildman–Crippen MR) is 102 cm³/mol. The van der Waals surface area contributed by atoms with Gasteiger partial charge in [-0.25, -0.2) is 4.98 Å². The first-order valence-electron chi connectivity index (χ1n) is 9.12. The zero-order chi connectivity index (χ0) is 16.2. The van der Waals surface area contributed by atoms with Gasteiger partial charge >= 0.3 is 0 Å². The summed E-state index contributed by atoms with van der Waals surface area (Å²) in [6, 6.07) is 21.8. The van der Waals surface area contributed by atoms with E-state index in [1.54, 1.807) is 0 Å². The van der Waals surface area contributed by atoms with Crippen LogP contribution in [0, 0.1) is 0 Å². The fourth-order valence-electron chi connectivity index (χ4n) is 3.74. The summed E-state index contributed by atoms with van der Waals surface area (Å²) < 4.78 is 0. The molecule has 1 aromatic heterocycles. The summed E-state index contributed by atoms with van der Waals surface area (Å²) in [6.45, 7) is 0. The first kappa shape index (κ1) is 15.2. The van der Waals surface area contributed by atoms with Gasteiger partial charge in [-0.3, -0.25) is 0 Å². The molecule has 1 aliphatic rings. The zero-order valence-corrected chi connectivity index (χ0v) is 14.0. The number of hydrogen-bond acceptors (Lipinski definition) is 2. The highest BCUT2D eigenvalue weighted by molar-refractivity contribution is 5.96. The highest BCUT2D eigenvalue weighted by Crippen LogP contribution is 2.31. The summed E-state index contributed by atoms with van der Waals surface area (Å²) in [5.74, 6) is 1.01. The van der Waals surface area contributed by atoms with E-state index >= 15 is 0 Å². The van der Waals surface area contributed by atoms with Crippen LogP contribution >= 0.6 is 0 Å². The van der Waals surface area contributed by atoms with E-state index < -0.39 is 0 Å².